The lowest BCUT2D eigenvalue weighted by molar-refractivity contribution is 0.238. The van der Waals surface area contributed by atoms with Gasteiger partial charge in [0.15, 0.2) is 0 Å². The summed E-state index contributed by atoms with van der Waals surface area (Å²) in [4.78, 5) is 4.73. The van der Waals surface area contributed by atoms with E-state index in [1.807, 2.05) is 0 Å². The molecule has 0 saturated carbocycles. The fourth-order valence-corrected chi connectivity index (χ4v) is 3.08. The van der Waals surface area contributed by atoms with Gasteiger partial charge in [0.2, 0.25) is 0 Å². The fourth-order valence-electron chi connectivity index (χ4n) is 3.08. The molecule has 3 rings (SSSR count). The smallest absolute Gasteiger partial charge is 0.114 e. The van der Waals surface area contributed by atoms with Gasteiger partial charge in [0.25, 0.3) is 0 Å². The SMILES string of the molecule is OCC1CCCn2cc(CC3CCCN3)nc21. The van der Waals surface area contributed by atoms with Gasteiger partial charge >= 0.3 is 0 Å². The predicted octanol–water partition coefficient (Wildman–Crippen LogP) is 1.05. The van der Waals surface area contributed by atoms with Crippen molar-refractivity contribution in [3.05, 3.63) is 17.7 Å². The molecular weight excluding hydrogens is 214 g/mol. The van der Waals surface area contributed by atoms with E-state index in [0.717, 1.165) is 38.2 Å². The topological polar surface area (TPSA) is 50.1 Å². The highest BCUT2D eigenvalue weighted by Gasteiger charge is 2.23. The van der Waals surface area contributed by atoms with E-state index in [4.69, 9.17) is 4.98 Å². The van der Waals surface area contributed by atoms with E-state index >= 15 is 0 Å². The Labute approximate surface area is 102 Å². The van der Waals surface area contributed by atoms with Crippen molar-refractivity contribution < 1.29 is 5.11 Å². The maximum absolute atomic E-state index is 9.37. The van der Waals surface area contributed by atoms with E-state index in [1.165, 1.54) is 18.5 Å². The number of hydrogen-bond donors (Lipinski definition) is 2. The van der Waals surface area contributed by atoms with Crippen LogP contribution in [0.3, 0.4) is 0 Å². The Bertz CT molecular complexity index is 382. The normalized spacial score (nSPS) is 28.3. The van der Waals surface area contributed by atoms with Gasteiger partial charge in [-0.1, -0.05) is 0 Å². The monoisotopic (exact) mass is 235 g/mol. The first kappa shape index (κ1) is 11.2. The second-order valence-corrected chi connectivity index (χ2v) is 5.30. The van der Waals surface area contributed by atoms with Gasteiger partial charge in [-0.2, -0.15) is 0 Å². The molecule has 1 fully saturated rings. The van der Waals surface area contributed by atoms with Crippen LogP contribution in [0, 0.1) is 0 Å². The van der Waals surface area contributed by atoms with Crippen LogP contribution in [0.5, 0.6) is 0 Å². The molecule has 1 aromatic heterocycles. The Kier molecular flexibility index (Phi) is 3.16. The van der Waals surface area contributed by atoms with Gasteiger partial charge in [-0.3, -0.25) is 0 Å². The quantitative estimate of drug-likeness (QED) is 0.823. The van der Waals surface area contributed by atoms with Gasteiger partial charge in [0, 0.05) is 31.1 Å². The van der Waals surface area contributed by atoms with Crippen LogP contribution in [0.25, 0.3) is 0 Å². The zero-order valence-corrected chi connectivity index (χ0v) is 10.2. The van der Waals surface area contributed by atoms with Crippen LogP contribution in [-0.2, 0) is 13.0 Å². The number of aryl methyl sites for hydroxylation is 1. The third-order valence-corrected chi connectivity index (χ3v) is 4.01. The summed E-state index contributed by atoms with van der Waals surface area (Å²) in [5.41, 5.74) is 1.19. The van der Waals surface area contributed by atoms with E-state index in [1.54, 1.807) is 0 Å². The van der Waals surface area contributed by atoms with Crippen molar-refractivity contribution in [1.29, 1.82) is 0 Å². The van der Waals surface area contributed by atoms with E-state index in [9.17, 15) is 5.11 Å². The third kappa shape index (κ3) is 2.24. The first-order chi connectivity index (χ1) is 8.36. The van der Waals surface area contributed by atoms with Crippen molar-refractivity contribution in [2.45, 2.75) is 50.6 Å². The molecule has 2 atom stereocenters. The zero-order valence-electron chi connectivity index (χ0n) is 10.2. The van der Waals surface area contributed by atoms with Gasteiger partial charge in [-0.25, -0.2) is 4.98 Å². The number of nitrogens with one attached hydrogen (secondary N) is 1. The van der Waals surface area contributed by atoms with Gasteiger partial charge in [0.05, 0.1) is 12.3 Å². The Morgan fingerprint density at radius 3 is 3.12 bits per heavy atom. The summed E-state index contributed by atoms with van der Waals surface area (Å²) in [7, 11) is 0. The Morgan fingerprint density at radius 2 is 2.35 bits per heavy atom. The summed E-state index contributed by atoms with van der Waals surface area (Å²) < 4.78 is 2.24. The maximum Gasteiger partial charge on any atom is 0.114 e. The highest BCUT2D eigenvalue weighted by Crippen LogP contribution is 2.26. The first-order valence-corrected chi connectivity index (χ1v) is 6.77. The molecule has 2 aliphatic heterocycles. The number of hydrogen-bond acceptors (Lipinski definition) is 3. The van der Waals surface area contributed by atoms with Gasteiger partial charge in [0.1, 0.15) is 5.82 Å². The summed E-state index contributed by atoms with van der Waals surface area (Å²) in [5, 5.41) is 12.9. The molecule has 3 heterocycles. The molecular formula is C13H21N3O. The zero-order chi connectivity index (χ0) is 11.7. The molecule has 4 nitrogen and oxygen atoms in total. The second kappa shape index (κ2) is 4.78. The largest absolute Gasteiger partial charge is 0.396 e. The second-order valence-electron chi connectivity index (χ2n) is 5.30. The molecule has 0 amide bonds. The lowest BCUT2D eigenvalue weighted by Gasteiger charge is -2.21. The lowest BCUT2D eigenvalue weighted by Crippen LogP contribution is -2.23. The number of nitrogens with zero attached hydrogens (tertiary/aromatic N) is 2. The van der Waals surface area contributed by atoms with Crippen molar-refractivity contribution in [2.24, 2.45) is 0 Å². The van der Waals surface area contributed by atoms with Crippen LogP contribution in [0.1, 0.15) is 43.1 Å². The van der Waals surface area contributed by atoms with E-state index in [0.29, 0.717) is 6.04 Å². The van der Waals surface area contributed by atoms with Crippen molar-refractivity contribution in [3.63, 3.8) is 0 Å². The Morgan fingerprint density at radius 1 is 1.41 bits per heavy atom. The number of aromatic nitrogens is 2. The molecule has 0 spiro atoms. The molecule has 0 bridgehead atoms. The molecule has 94 valence electrons. The highest BCUT2D eigenvalue weighted by atomic mass is 16.3. The summed E-state index contributed by atoms with van der Waals surface area (Å²) in [6.07, 6.45) is 8.03. The van der Waals surface area contributed by atoms with Crippen molar-refractivity contribution in [2.75, 3.05) is 13.2 Å². The number of rotatable bonds is 3. The predicted molar refractivity (Wildman–Crippen MR) is 66.0 cm³/mol. The maximum atomic E-state index is 9.37. The number of aliphatic hydroxyl groups excluding tert-OH is 1. The summed E-state index contributed by atoms with van der Waals surface area (Å²) >= 11 is 0. The molecule has 0 aromatic carbocycles. The molecule has 1 saturated heterocycles. The van der Waals surface area contributed by atoms with E-state index in [-0.39, 0.29) is 12.5 Å². The van der Waals surface area contributed by atoms with Crippen molar-refractivity contribution in [1.82, 2.24) is 14.9 Å². The lowest BCUT2D eigenvalue weighted by atomic mass is 10.0. The number of aliphatic hydroxyl groups is 1. The molecule has 1 aromatic rings. The van der Waals surface area contributed by atoms with Gasteiger partial charge in [-0.15, -0.1) is 0 Å². The number of imidazole rings is 1. The van der Waals surface area contributed by atoms with Gasteiger partial charge in [-0.05, 0) is 32.2 Å². The van der Waals surface area contributed by atoms with E-state index < -0.39 is 0 Å². The fraction of sp³-hybridized carbons (Fsp3) is 0.769. The standard InChI is InChI=1S/C13H21N3O/c17-9-10-3-2-6-16-8-12(15-13(10)16)7-11-4-1-5-14-11/h8,10-11,14,17H,1-7,9H2. The minimum Gasteiger partial charge on any atom is -0.396 e. The number of fused-ring (bicyclic) bond motifs is 1. The average Bonchev–Trinajstić information content (AvgIpc) is 2.97. The minimum absolute atomic E-state index is 0.234. The Hall–Kier alpha value is -0.870. The van der Waals surface area contributed by atoms with Crippen LogP contribution in [0.2, 0.25) is 0 Å². The van der Waals surface area contributed by atoms with Gasteiger partial charge < -0.3 is 15.0 Å². The molecule has 0 aliphatic carbocycles. The average molecular weight is 235 g/mol. The van der Waals surface area contributed by atoms with Crippen molar-refractivity contribution in [3.8, 4) is 0 Å². The highest BCUT2D eigenvalue weighted by molar-refractivity contribution is 5.12. The van der Waals surface area contributed by atoms with Crippen molar-refractivity contribution >= 4 is 0 Å². The molecule has 4 heteroatoms. The molecule has 2 aliphatic rings. The summed E-state index contributed by atoms with van der Waals surface area (Å²) in [6.45, 7) is 2.45. The molecule has 2 N–H and O–H groups in total. The first-order valence-electron chi connectivity index (χ1n) is 6.77. The third-order valence-electron chi connectivity index (χ3n) is 4.01. The van der Waals surface area contributed by atoms with Crippen LogP contribution < -0.4 is 5.32 Å². The van der Waals surface area contributed by atoms with Crippen LogP contribution >= 0.6 is 0 Å². The van der Waals surface area contributed by atoms with E-state index in [2.05, 4.69) is 16.1 Å². The molecule has 2 unspecified atom stereocenters. The summed E-state index contributed by atoms with van der Waals surface area (Å²) in [5.74, 6) is 1.36. The summed E-state index contributed by atoms with van der Waals surface area (Å²) in [6, 6.07) is 0.611. The molecule has 0 radical (unpaired) electrons. The molecule has 17 heavy (non-hydrogen) atoms. The Balaban J connectivity index is 1.75. The minimum atomic E-state index is 0.234. The van der Waals surface area contributed by atoms with Crippen LogP contribution in [-0.4, -0.2) is 33.9 Å². The van der Waals surface area contributed by atoms with Crippen LogP contribution in [0.15, 0.2) is 6.20 Å². The van der Waals surface area contributed by atoms with Crippen LogP contribution in [0.4, 0.5) is 0 Å².